The van der Waals surface area contributed by atoms with Gasteiger partial charge < -0.3 is 15.0 Å². The zero-order chi connectivity index (χ0) is 21.2. The molecule has 10 heteroatoms. The van der Waals surface area contributed by atoms with Crippen molar-refractivity contribution in [1.29, 1.82) is 0 Å². The van der Waals surface area contributed by atoms with E-state index in [1.165, 1.54) is 11.1 Å². The number of hydrogen-bond acceptors (Lipinski definition) is 7. The monoisotopic (exact) mass is 439 g/mol. The van der Waals surface area contributed by atoms with Gasteiger partial charge in [0, 0.05) is 30.8 Å². The molecular weight excluding hydrogens is 418 g/mol. The molecule has 1 amide bonds. The van der Waals surface area contributed by atoms with Crippen molar-refractivity contribution in [3.05, 3.63) is 63.7 Å². The Morgan fingerprint density at radius 2 is 2.03 bits per heavy atom. The predicted molar refractivity (Wildman–Crippen MR) is 113 cm³/mol. The summed E-state index contributed by atoms with van der Waals surface area (Å²) in [6.07, 6.45) is 4.25. The summed E-state index contributed by atoms with van der Waals surface area (Å²) in [6, 6.07) is 8.79. The molecule has 1 aromatic carbocycles. The summed E-state index contributed by atoms with van der Waals surface area (Å²) in [6.45, 7) is 1.31. The van der Waals surface area contributed by atoms with E-state index in [2.05, 4.69) is 55.0 Å². The van der Waals surface area contributed by atoms with Crippen LogP contribution in [0.5, 0.6) is 0 Å². The van der Waals surface area contributed by atoms with Gasteiger partial charge in [0.1, 0.15) is 17.5 Å². The Morgan fingerprint density at radius 3 is 2.77 bits per heavy atom. The number of rotatable bonds is 7. The summed E-state index contributed by atoms with van der Waals surface area (Å²) in [4.78, 5) is 23.4. The van der Waals surface area contributed by atoms with Gasteiger partial charge in [0.25, 0.3) is 0 Å². The summed E-state index contributed by atoms with van der Waals surface area (Å²) in [5, 5.41) is 13.9. The lowest BCUT2D eigenvalue weighted by molar-refractivity contribution is -0.136. The average molecular weight is 440 g/mol. The highest BCUT2D eigenvalue weighted by Crippen LogP contribution is 2.25. The van der Waals surface area contributed by atoms with Crippen LogP contribution in [-0.2, 0) is 41.9 Å². The van der Waals surface area contributed by atoms with Gasteiger partial charge in [-0.05, 0) is 24.0 Å². The standard InChI is InChI=1S/C21H22ClN7O2/c22-20-17(26-28-27-20)5-6-31-12-19(30)29-10-15-9-23-21(25-18(15)11-29)24-16-7-13-3-1-2-4-14(13)8-16/h1-4,9,16H,5-8,10-12H2,(H,23,24,25)(H,26,27,28). The van der Waals surface area contributed by atoms with Crippen LogP contribution in [0.2, 0.25) is 5.15 Å². The molecule has 0 fully saturated rings. The fourth-order valence-corrected chi connectivity index (χ4v) is 4.23. The third-order valence-electron chi connectivity index (χ3n) is 5.67. The van der Waals surface area contributed by atoms with E-state index in [-0.39, 0.29) is 12.5 Å². The second-order valence-electron chi connectivity index (χ2n) is 7.81. The number of anilines is 1. The largest absolute Gasteiger partial charge is 0.371 e. The third-order valence-corrected chi connectivity index (χ3v) is 5.98. The first-order chi connectivity index (χ1) is 15.2. The average Bonchev–Trinajstić information content (AvgIpc) is 3.48. The van der Waals surface area contributed by atoms with Crippen LogP contribution in [0.25, 0.3) is 0 Å². The molecule has 160 valence electrons. The molecule has 0 saturated carbocycles. The van der Waals surface area contributed by atoms with E-state index < -0.39 is 0 Å². The molecule has 0 unspecified atom stereocenters. The molecule has 0 radical (unpaired) electrons. The Kier molecular flexibility index (Phi) is 5.52. The lowest BCUT2D eigenvalue weighted by Crippen LogP contribution is -2.29. The Hall–Kier alpha value is -3.04. The summed E-state index contributed by atoms with van der Waals surface area (Å²) >= 11 is 5.90. The number of benzene rings is 1. The van der Waals surface area contributed by atoms with Crippen LogP contribution >= 0.6 is 11.6 Å². The molecule has 3 aromatic rings. The topological polar surface area (TPSA) is 109 Å². The summed E-state index contributed by atoms with van der Waals surface area (Å²) in [5.41, 5.74) is 5.24. The Morgan fingerprint density at radius 1 is 1.23 bits per heavy atom. The number of hydrogen-bond donors (Lipinski definition) is 2. The van der Waals surface area contributed by atoms with Crippen molar-refractivity contribution in [2.75, 3.05) is 18.5 Å². The molecule has 2 N–H and O–H groups in total. The smallest absolute Gasteiger partial charge is 0.249 e. The highest BCUT2D eigenvalue weighted by atomic mass is 35.5. The van der Waals surface area contributed by atoms with Crippen molar-refractivity contribution < 1.29 is 9.53 Å². The molecule has 3 heterocycles. The fraction of sp³-hybridized carbons (Fsp3) is 0.381. The molecule has 0 saturated heterocycles. The Balaban J connectivity index is 1.11. The van der Waals surface area contributed by atoms with Gasteiger partial charge in [-0.3, -0.25) is 4.79 Å². The second kappa shape index (κ2) is 8.60. The van der Waals surface area contributed by atoms with Crippen LogP contribution in [0.1, 0.15) is 28.1 Å². The van der Waals surface area contributed by atoms with E-state index in [1.54, 1.807) is 4.90 Å². The first-order valence-corrected chi connectivity index (χ1v) is 10.6. The van der Waals surface area contributed by atoms with Gasteiger partial charge in [0.05, 0.1) is 18.8 Å². The maximum absolute atomic E-state index is 12.5. The number of aromatic nitrogens is 5. The Labute approximate surface area is 184 Å². The molecule has 2 aliphatic rings. The van der Waals surface area contributed by atoms with Gasteiger partial charge in [-0.2, -0.15) is 0 Å². The van der Waals surface area contributed by atoms with Crippen LogP contribution < -0.4 is 5.32 Å². The van der Waals surface area contributed by atoms with Crippen molar-refractivity contribution >= 4 is 23.5 Å². The van der Waals surface area contributed by atoms with Gasteiger partial charge in [-0.15, -0.1) is 5.10 Å². The number of H-pyrrole nitrogens is 1. The molecule has 0 bridgehead atoms. The molecule has 5 rings (SSSR count). The zero-order valence-corrected chi connectivity index (χ0v) is 17.6. The molecule has 2 aromatic heterocycles. The number of aromatic amines is 1. The number of carbonyl (C=O) groups is 1. The summed E-state index contributed by atoms with van der Waals surface area (Å²) in [5.74, 6) is 0.539. The normalized spacial score (nSPS) is 15.2. The quantitative estimate of drug-likeness (QED) is 0.541. The van der Waals surface area contributed by atoms with Crippen molar-refractivity contribution in [3.63, 3.8) is 0 Å². The third kappa shape index (κ3) is 4.38. The number of amides is 1. The first kappa shape index (κ1) is 19.9. The molecule has 1 aliphatic carbocycles. The number of halogens is 1. The van der Waals surface area contributed by atoms with E-state index in [1.807, 2.05) is 6.20 Å². The molecule has 0 atom stereocenters. The molecular formula is C21H22ClN7O2. The van der Waals surface area contributed by atoms with Crippen LogP contribution in [-0.4, -0.2) is 55.4 Å². The molecule has 9 nitrogen and oxygen atoms in total. The van der Waals surface area contributed by atoms with Crippen molar-refractivity contribution in [3.8, 4) is 0 Å². The number of carbonyl (C=O) groups excluding carboxylic acids is 1. The van der Waals surface area contributed by atoms with Crippen LogP contribution in [0.15, 0.2) is 30.5 Å². The minimum absolute atomic E-state index is 0.00231. The van der Waals surface area contributed by atoms with Crippen LogP contribution in [0, 0.1) is 0 Å². The van der Waals surface area contributed by atoms with E-state index in [4.69, 9.17) is 16.3 Å². The highest BCUT2D eigenvalue weighted by Gasteiger charge is 2.26. The van der Waals surface area contributed by atoms with Gasteiger partial charge in [-0.25, -0.2) is 15.1 Å². The number of fused-ring (bicyclic) bond motifs is 2. The predicted octanol–water partition coefficient (Wildman–Crippen LogP) is 1.93. The Bertz CT molecular complexity index is 1080. The molecule has 31 heavy (non-hydrogen) atoms. The highest BCUT2D eigenvalue weighted by molar-refractivity contribution is 6.29. The lowest BCUT2D eigenvalue weighted by Gasteiger charge is -2.14. The van der Waals surface area contributed by atoms with Gasteiger partial charge in [-0.1, -0.05) is 41.1 Å². The first-order valence-electron chi connectivity index (χ1n) is 10.2. The summed E-state index contributed by atoms with van der Waals surface area (Å²) in [7, 11) is 0. The van der Waals surface area contributed by atoms with Gasteiger partial charge >= 0.3 is 0 Å². The van der Waals surface area contributed by atoms with Crippen molar-refractivity contribution in [2.24, 2.45) is 0 Å². The fourth-order valence-electron chi connectivity index (χ4n) is 4.06. The van der Waals surface area contributed by atoms with E-state index in [0.717, 1.165) is 24.1 Å². The number of ether oxygens (including phenoxy) is 1. The van der Waals surface area contributed by atoms with Crippen LogP contribution in [0.3, 0.4) is 0 Å². The van der Waals surface area contributed by atoms with Gasteiger partial charge in [0.15, 0.2) is 0 Å². The zero-order valence-electron chi connectivity index (χ0n) is 16.8. The summed E-state index contributed by atoms with van der Waals surface area (Å²) < 4.78 is 5.50. The van der Waals surface area contributed by atoms with Crippen molar-refractivity contribution in [2.45, 2.75) is 38.4 Å². The van der Waals surface area contributed by atoms with Crippen LogP contribution in [0.4, 0.5) is 5.95 Å². The minimum atomic E-state index is -0.0787. The van der Waals surface area contributed by atoms with Gasteiger partial charge in [0.2, 0.25) is 11.9 Å². The van der Waals surface area contributed by atoms with Crippen molar-refractivity contribution in [1.82, 2.24) is 30.3 Å². The molecule has 1 aliphatic heterocycles. The maximum Gasteiger partial charge on any atom is 0.249 e. The minimum Gasteiger partial charge on any atom is -0.371 e. The van der Waals surface area contributed by atoms with E-state index in [0.29, 0.717) is 49.0 Å². The maximum atomic E-state index is 12.5. The SMILES string of the molecule is O=C(COCCc1nn[nH]c1Cl)N1Cc2cnc(NC3Cc4ccccc4C3)nc2C1. The number of nitrogens with zero attached hydrogens (tertiary/aromatic N) is 5. The number of nitrogens with one attached hydrogen (secondary N) is 2. The second-order valence-corrected chi connectivity index (χ2v) is 8.19. The van der Waals surface area contributed by atoms with E-state index >= 15 is 0 Å². The molecule has 0 spiro atoms. The van der Waals surface area contributed by atoms with E-state index in [9.17, 15) is 4.79 Å². The lowest BCUT2D eigenvalue weighted by atomic mass is 10.1.